The second kappa shape index (κ2) is 8.71. The van der Waals surface area contributed by atoms with E-state index in [2.05, 4.69) is 22.0 Å². The smallest absolute Gasteiger partial charge is 0.320 e. The summed E-state index contributed by atoms with van der Waals surface area (Å²) in [7, 11) is 3.23. The van der Waals surface area contributed by atoms with Crippen LogP contribution in [0.3, 0.4) is 0 Å². The Kier molecular flexibility index (Phi) is 5.86. The summed E-state index contributed by atoms with van der Waals surface area (Å²) in [4.78, 5) is 18.4. The molecule has 2 heterocycles. The standard InChI is InChI=1S/C24H26N2O4/c1-29-21-8-5-6-19(23(21)30-2)22(26-13-4-3-7-20(26)24(27)28)17-9-10-18-15-25-12-11-16(18)14-17/h5-6,8-12,14-15,20,22H,3-4,7,13H2,1-2H3,(H,27,28). The summed E-state index contributed by atoms with van der Waals surface area (Å²) in [5, 5.41) is 12.1. The predicted molar refractivity (Wildman–Crippen MR) is 115 cm³/mol. The quantitative estimate of drug-likeness (QED) is 0.659. The molecule has 6 nitrogen and oxygen atoms in total. The van der Waals surface area contributed by atoms with Crippen molar-refractivity contribution < 1.29 is 19.4 Å². The Labute approximate surface area is 176 Å². The third-order valence-electron chi connectivity index (χ3n) is 5.87. The number of benzene rings is 2. The Morgan fingerprint density at radius 2 is 2.00 bits per heavy atom. The molecule has 2 atom stereocenters. The number of para-hydroxylation sites is 1. The van der Waals surface area contributed by atoms with Crippen molar-refractivity contribution in [2.75, 3.05) is 20.8 Å². The first-order valence-corrected chi connectivity index (χ1v) is 10.2. The number of aromatic nitrogens is 1. The maximum Gasteiger partial charge on any atom is 0.320 e. The van der Waals surface area contributed by atoms with Gasteiger partial charge in [0.2, 0.25) is 0 Å². The van der Waals surface area contributed by atoms with Crippen molar-refractivity contribution in [1.29, 1.82) is 0 Å². The largest absolute Gasteiger partial charge is 0.493 e. The van der Waals surface area contributed by atoms with E-state index in [-0.39, 0.29) is 6.04 Å². The van der Waals surface area contributed by atoms with Gasteiger partial charge in [0.05, 0.1) is 20.3 Å². The van der Waals surface area contributed by atoms with E-state index in [1.807, 2.05) is 36.5 Å². The van der Waals surface area contributed by atoms with Crippen molar-refractivity contribution in [1.82, 2.24) is 9.88 Å². The summed E-state index contributed by atoms with van der Waals surface area (Å²) in [6.45, 7) is 0.705. The molecule has 1 aromatic heterocycles. The Morgan fingerprint density at radius 3 is 2.77 bits per heavy atom. The average molecular weight is 406 g/mol. The fourth-order valence-corrected chi connectivity index (χ4v) is 4.48. The van der Waals surface area contributed by atoms with E-state index >= 15 is 0 Å². The molecule has 0 bridgehead atoms. The molecule has 156 valence electrons. The van der Waals surface area contributed by atoms with Crippen molar-refractivity contribution in [3.63, 3.8) is 0 Å². The molecule has 2 aromatic carbocycles. The first-order valence-electron chi connectivity index (χ1n) is 10.2. The average Bonchev–Trinajstić information content (AvgIpc) is 2.79. The van der Waals surface area contributed by atoms with E-state index in [1.54, 1.807) is 20.4 Å². The number of nitrogens with zero attached hydrogens (tertiary/aromatic N) is 2. The first-order chi connectivity index (χ1) is 14.6. The van der Waals surface area contributed by atoms with E-state index in [9.17, 15) is 9.90 Å². The van der Waals surface area contributed by atoms with Crippen molar-refractivity contribution in [3.8, 4) is 11.5 Å². The van der Waals surface area contributed by atoms with Crippen LogP contribution in [0.1, 0.15) is 36.4 Å². The van der Waals surface area contributed by atoms with Gasteiger partial charge in [-0.05, 0) is 48.5 Å². The lowest BCUT2D eigenvalue weighted by Gasteiger charge is -2.40. The zero-order valence-electron chi connectivity index (χ0n) is 17.2. The second-order valence-corrected chi connectivity index (χ2v) is 7.56. The van der Waals surface area contributed by atoms with Crippen molar-refractivity contribution in [2.45, 2.75) is 31.3 Å². The van der Waals surface area contributed by atoms with Gasteiger partial charge in [-0.15, -0.1) is 0 Å². The number of rotatable bonds is 6. The number of piperidine rings is 1. The lowest BCUT2D eigenvalue weighted by Crippen LogP contribution is -2.46. The van der Waals surface area contributed by atoms with E-state index in [4.69, 9.17) is 9.47 Å². The highest BCUT2D eigenvalue weighted by Gasteiger charge is 2.36. The number of likely N-dealkylation sites (tertiary alicyclic amines) is 1. The topological polar surface area (TPSA) is 71.9 Å². The van der Waals surface area contributed by atoms with Crippen molar-refractivity contribution >= 4 is 16.7 Å². The van der Waals surface area contributed by atoms with Crippen LogP contribution < -0.4 is 9.47 Å². The first kappa shape index (κ1) is 20.2. The molecule has 1 N–H and O–H groups in total. The highest BCUT2D eigenvalue weighted by Crippen LogP contribution is 2.42. The molecular weight excluding hydrogens is 380 g/mol. The summed E-state index contributed by atoms with van der Waals surface area (Å²) >= 11 is 0. The number of methoxy groups -OCH3 is 2. The van der Waals surface area contributed by atoms with Gasteiger partial charge in [0, 0.05) is 23.3 Å². The Morgan fingerprint density at radius 1 is 1.13 bits per heavy atom. The van der Waals surface area contributed by atoms with Gasteiger partial charge in [-0.1, -0.05) is 30.7 Å². The summed E-state index contributed by atoms with van der Waals surface area (Å²) in [5.74, 6) is 0.481. The van der Waals surface area contributed by atoms with Crippen LogP contribution in [0.2, 0.25) is 0 Å². The van der Waals surface area contributed by atoms with Crippen LogP contribution in [0, 0.1) is 0 Å². The minimum absolute atomic E-state index is 0.269. The molecule has 1 aliphatic rings. The van der Waals surface area contributed by atoms with Gasteiger partial charge in [0.25, 0.3) is 0 Å². The van der Waals surface area contributed by atoms with Gasteiger partial charge >= 0.3 is 5.97 Å². The third kappa shape index (κ3) is 3.71. The summed E-state index contributed by atoms with van der Waals surface area (Å²) < 4.78 is 11.3. The van der Waals surface area contributed by atoms with Crippen LogP contribution in [-0.2, 0) is 4.79 Å². The van der Waals surface area contributed by atoms with Crippen LogP contribution in [0.5, 0.6) is 11.5 Å². The molecule has 1 saturated heterocycles. The molecule has 30 heavy (non-hydrogen) atoms. The Bertz CT molecular complexity index is 1050. The van der Waals surface area contributed by atoms with E-state index in [0.717, 1.165) is 34.7 Å². The van der Waals surface area contributed by atoms with E-state index < -0.39 is 12.0 Å². The Balaban J connectivity index is 1.92. The molecule has 3 aromatic rings. The van der Waals surface area contributed by atoms with Crippen molar-refractivity contribution in [3.05, 3.63) is 66.0 Å². The molecule has 0 radical (unpaired) electrons. The van der Waals surface area contributed by atoms with Gasteiger partial charge in [-0.2, -0.15) is 0 Å². The number of carbonyl (C=O) groups is 1. The lowest BCUT2D eigenvalue weighted by molar-refractivity contribution is -0.145. The molecular formula is C24H26N2O4. The van der Waals surface area contributed by atoms with Gasteiger partial charge in [-0.25, -0.2) is 0 Å². The van der Waals surface area contributed by atoms with Gasteiger partial charge < -0.3 is 14.6 Å². The number of carboxylic acids is 1. The molecule has 2 unspecified atom stereocenters. The molecule has 0 spiro atoms. The fourth-order valence-electron chi connectivity index (χ4n) is 4.48. The van der Waals surface area contributed by atoms with Gasteiger partial charge in [0.15, 0.2) is 11.5 Å². The predicted octanol–water partition coefficient (Wildman–Crippen LogP) is 4.28. The normalized spacial score (nSPS) is 18.1. The molecule has 6 heteroatoms. The molecule has 1 fully saturated rings. The maximum atomic E-state index is 12.1. The number of pyridine rings is 1. The SMILES string of the molecule is COc1cccc(C(c2ccc3cnccc3c2)N2CCCCC2C(=O)O)c1OC. The van der Waals surface area contributed by atoms with Crippen LogP contribution in [0.25, 0.3) is 10.8 Å². The van der Waals surface area contributed by atoms with Gasteiger partial charge in [0.1, 0.15) is 6.04 Å². The minimum atomic E-state index is -0.786. The van der Waals surface area contributed by atoms with Crippen LogP contribution in [0.4, 0.5) is 0 Å². The van der Waals surface area contributed by atoms with E-state index in [0.29, 0.717) is 24.5 Å². The van der Waals surface area contributed by atoms with E-state index in [1.165, 1.54) is 0 Å². The summed E-state index contributed by atoms with van der Waals surface area (Å²) in [5.41, 5.74) is 1.92. The highest BCUT2D eigenvalue weighted by molar-refractivity contribution is 5.82. The van der Waals surface area contributed by atoms with Crippen LogP contribution >= 0.6 is 0 Å². The van der Waals surface area contributed by atoms with Crippen LogP contribution in [-0.4, -0.2) is 47.8 Å². The second-order valence-electron chi connectivity index (χ2n) is 7.56. The number of hydrogen-bond donors (Lipinski definition) is 1. The lowest BCUT2D eigenvalue weighted by atomic mass is 9.90. The number of hydrogen-bond acceptors (Lipinski definition) is 5. The summed E-state index contributed by atoms with van der Waals surface area (Å²) in [6, 6.07) is 13.2. The number of aliphatic carboxylic acids is 1. The number of carboxylic acid groups (broad SMARTS) is 1. The molecule has 0 aliphatic carbocycles. The number of fused-ring (bicyclic) bond motifs is 1. The van der Waals surface area contributed by atoms with Crippen molar-refractivity contribution in [2.24, 2.45) is 0 Å². The molecule has 1 aliphatic heterocycles. The minimum Gasteiger partial charge on any atom is -0.493 e. The maximum absolute atomic E-state index is 12.1. The highest BCUT2D eigenvalue weighted by atomic mass is 16.5. The zero-order chi connectivity index (χ0) is 21.1. The molecule has 0 saturated carbocycles. The summed E-state index contributed by atoms with van der Waals surface area (Å²) in [6.07, 6.45) is 6.12. The molecule has 0 amide bonds. The zero-order valence-corrected chi connectivity index (χ0v) is 17.2. The van der Waals surface area contributed by atoms with Gasteiger partial charge in [-0.3, -0.25) is 14.7 Å². The molecule has 4 rings (SSSR count). The third-order valence-corrected chi connectivity index (χ3v) is 5.87. The number of ether oxygens (including phenoxy) is 2. The van der Waals surface area contributed by atoms with Crippen LogP contribution in [0.15, 0.2) is 54.9 Å². The Hall–Kier alpha value is -3.12. The fraction of sp³-hybridized carbons (Fsp3) is 0.333. The monoisotopic (exact) mass is 406 g/mol.